The van der Waals surface area contributed by atoms with Crippen molar-refractivity contribution in [2.45, 2.75) is 12.8 Å². The van der Waals surface area contributed by atoms with E-state index in [0.29, 0.717) is 18.7 Å². The number of likely N-dealkylation sites (N-methyl/N-ethyl adjacent to an activating group) is 1. The van der Waals surface area contributed by atoms with Gasteiger partial charge in [-0.25, -0.2) is 0 Å². The zero-order chi connectivity index (χ0) is 15.1. The summed E-state index contributed by atoms with van der Waals surface area (Å²) in [6.45, 7) is 0.795. The van der Waals surface area contributed by atoms with Crippen LogP contribution in [0, 0.1) is 0 Å². The minimum absolute atomic E-state index is 0.115. The Morgan fingerprint density at radius 3 is 2.65 bits per heavy atom. The number of hydrogen-bond donors (Lipinski definition) is 2. The molecule has 0 aliphatic rings. The molecule has 0 atom stereocenters. The van der Waals surface area contributed by atoms with Gasteiger partial charge in [0.2, 0.25) is 5.91 Å². The molecule has 1 amide bonds. The number of hydrogen-bond acceptors (Lipinski definition) is 3. The first-order valence-electron chi connectivity index (χ1n) is 6.03. The highest BCUT2D eigenvalue weighted by Crippen LogP contribution is 2.26. The zero-order valence-electron chi connectivity index (χ0n) is 11.0. The Kier molecular flexibility index (Phi) is 7.18. The maximum Gasteiger partial charge on any atom is 0.303 e. The molecule has 0 saturated heterocycles. The van der Waals surface area contributed by atoms with Crippen LogP contribution < -0.4 is 5.32 Å². The third-order valence-electron chi connectivity index (χ3n) is 2.55. The van der Waals surface area contributed by atoms with Crippen LogP contribution in [0.5, 0.6) is 0 Å². The highest BCUT2D eigenvalue weighted by Gasteiger charge is 2.09. The fraction of sp³-hybridized carbons (Fsp3) is 0.385. The standard InChI is InChI=1S/C13H16Br2N2O3/c1-17(6-2-3-13(19)20)8-12(18)16-11-5-4-9(14)7-10(11)15/h4-5,7H,2-3,6,8H2,1H3,(H,16,18)(H,19,20). The molecule has 110 valence electrons. The van der Waals surface area contributed by atoms with E-state index < -0.39 is 5.97 Å². The molecular formula is C13H16Br2N2O3. The highest BCUT2D eigenvalue weighted by molar-refractivity contribution is 9.11. The first-order chi connectivity index (χ1) is 9.38. The van der Waals surface area contributed by atoms with Gasteiger partial charge in [0.15, 0.2) is 0 Å². The summed E-state index contributed by atoms with van der Waals surface area (Å²) in [4.78, 5) is 24.1. The van der Waals surface area contributed by atoms with Gasteiger partial charge < -0.3 is 10.4 Å². The van der Waals surface area contributed by atoms with E-state index >= 15 is 0 Å². The molecule has 0 radical (unpaired) electrons. The average Bonchev–Trinajstić information content (AvgIpc) is 2.32. The number of benzene rings is 1. The summed E-state index contributed by atoms with van der Waals surface area (Å²) < 4.78 is 1.72. The predicted molar refractivity (Wildman–Crippen MR) is 84.8 cm³/mol. The maximum atomic E-state index is 11.9. The Bertz CT molecular complexity index is 495. The van der Waals surface area contributed by atoms with Crippen molar-refractivity contribution in [3.8, 4) is 0 Å². The summed E-state index contributed by atoms with van der Waals surface area (Å²) in [5.41, 5.74) is 0.706. The number of nitrogens with one attached hydrogen (secondary N) is 1. The second-order valence-corrected chi connectivity index (χ2v) is 6.18. The Morgan fingerprint density at radius 2 is 2.05 bits per heavy atom. The first kappa shape index (κ1) is 17.1. The zero-order valence-corrected chi connectivity index (χ0v) is 14.2. The molecule has 1 aromatic carbocycles. The van der Waals surface area contributed by atoms with Crippen molar-refractivity contribution in [3.05, 3.63) is 27.1 Å². The number of carboxylic acid groups (broad SMARTS) is 1. The van der Waals surface area contributed by atoms with E-state index in [0.717, 1.165) is 8.95 Å². The van der Waals surface area contributed by atoms with Crippen LogP contribution in [0.1, 0.15) is 12.8 Å². The van der Waals surface area contributed by atoms with E-state index in [4.69, 9.17) is 5.11 Å². The third-order valence-corrected chi connectivity index (χ3v) is 3.70. The Balaban J connectivity index is 2.41. The van der Waals surface area contributed by atoms with Crippen molar-refractivity contribution in [2.24, 2.45) is 0 Å². The number of nitrogens with zero attached hydrogens (tertiary/aromatic N) is 1. The van der Waals surface area contributed by atoms with Crippen molar-refractivity contribution >= 4 is 49.4 Å². The molecule has 0 heterocycles. The molecule has 1 rings (SSSR count). The molecule has 0 bridgehead atoms. The number of anilines is 1. The van der Waals surface area contributed by atoms with E-state index in [1.54, 1.807) is 18.0 Å². The van der Waals surface area contributed by atoms with Gasteiger partial charge in [-0.15, -0.1) is 0 Å². The lowest BCUT2D eigenvalue weighted by Gasteiger charge is -2.16. The topological polar surface area (TPSA) is 69.6 Å². The van der Waals surface area contributed by atoms with E-state index in [9.17, 15) is 9.59 Å². The first-order valence-corrected chi connectivity index (χ1v) is 7.62. The number of carbonyl (C=O) groups is 2. The molecule has 0 unspecified atom stereocenters. The van der Waals surface area contributed by atoms with Crippen molar-refractivity contribution in [3.63, 3.8) is 0 Å². The van der Waals surface area contributed by atoms with Gasteiger partial charge in [-0.1, -0.05) is 15.9 Å². The van der Waals surface area contributed by atoms with Crippen LogP contribution in [0.2, 0.25) is 0 Å². The highest BCUT2D eigenvalue weighted by atomic mass is 79.9. The summed E-state index contributed by atoms with van der Waals surface area (Å²) in [5.74, 6) is -0.951. The molecule has 5 nitrogen and oxygen atoms in total. The van der Waals surface area contributed by atoms with Gasteiger partial charge in [0, 0.05) is 15.4 Å². The van der Waals surface area contributed by atoms with Crippen molar-refractivity contribution in [1.29, 1.82) is 0 Å². The lowest BCUT2D eigenvalue weighted by Crippen LogP contribution is -2.31. The van der Waals surface area contributed by atoms with Crippen LogP contribution in [0.15, 0.2) is 27.1 Å². The fourth-order valence-corrected chi connectivity index (χ4v) is 2.75. The summed E-state index contributed by atoms with van der Waals surface area (Å²) in [6, 6.07) is 5.50. The average molecular weight is 408 g/mol. The molecule has 20 heavy (non-hydrogen) atoms. The van der Waals surface area contributed by atoms with Crippen molar-refractivity contribution in [1.82, 2.24) is 4.90 Å². The molecule has 0 spiro atoms. The third kappa shape index (κ3) is 6.49. The van der Waals surface area contributed by atoms with Crippen LogP contribution >= 0.6 is 31.9 Å². The van der Waals surface area contributed by atoms with Gasteiger partial charge >= 0.3 is 5.97 Å². The monoisotopic (exact) mass is 406 g/mol. The van der Waals surface area contributed by atoms with E-state index in [2.05, 4.69) is 37.2 Å². The fourth-order valence-electron chi connectivity index (χ4n) is 1.60. The molecule has 0 aliphatic carbocycles. The van der Waals surface area contributed by atoms with Crippen LogP contribution in [0.3, 0.4) is 0 Å². The molecule has 2 N–H and O–H groups in total. The van der Waals surface area contributed by atoms with Gasteiger partial charge in [-0.05, 0) is 54.1 Å². The van der Waals surface area contributed by atoms with Gasteiger partial charge in [0.25, 0.3) is 0 Å². The quantitative estimate of drug-likeness (QED) is 0.728. The molecular weight excluding hydrogens is 392 g/mol. The van der Waals surface area contributed by atoms with E-state index in [-0.39, 0.29) is 18.9 Å². The van der Waals surface area contributed by atoms with Gasteiger partial charge in [-0.3, -0.25) is 14.5 Å². The van der Waals surface area contributed by atoms with Gasteiger partial charge in [0.1, 0.15) is 0 Å². The molecule has 0 aliphatic heterocycles. The normalized spacial score (nSPS) is 10.6. The number of carboxylic acids is 1. The second-order valence-electron chi connectivity index (χ2n) is 4.41. The SMILES string of the molecule is CN(CCCC(=O)O)CC(=O)Nc1ccc(Br)cc1Br. The molecule has 1 aromatic rings. The minimum atomic E-state index is -0.818. The van der Waals surface area contributed by atoms with Crippen LogP contribution in [0.25, 0.3) is 0 Å². The predicted octanol–water partition coefficient (Wildman–Crippen LogP) is 2.95. The maximum absolute atomic E-state index is 11.9. The van der Waals surface area contributed by atoms with Crippen molar-refractivity contribution in [2.75, 3.05) is 25.5 Å². The van der Waals surface area contributed by atoms with Crippen molar-refractivity contribution < 1.29 is 14.7 Å². The number of amides is 1. The Labute approximate surface area is 134 Å². The molecule has 0 saturated carbocycles. The second kappa shape index (κ2) is 8.39. The smallest absolute Gasteiger partial charge is 0.303 e. The summed E-state index contributed by atoms with van der Waals surface area (Å²) >= 11 is 6.72. The largest absolute Gasteiger partial charge is 0.481 e. The van der Waals surface area contributed by atoms with Gasteiger partial charge in [0.05, 0.1) is 12.2 Å². The van der Waals surface area contributed by atoms with Crippen LogP contribution in [-0.4, -0.2) is 42.0 Å². The van der Waals surface area contributed by atoms with Crippen LogP contribution in [0.4, 0.5) is 5.69 Å². The summed E-state index contributed by atoms with van der Waals surface area (Å²) in [7, 11) is 1.79. The summed E-state index contributed by atoms with van der Waals surface area (Å²) in [5, 5.41) is 11.4. The van der Waals surface area contributed by atoms with E-state index in [1.807, 2.05) is 12.1 Å². The summed E-state index contributed by atoms with van der Waals surface area (Å²) in [6.07, 6.45) is 0.644. The molecule has 0 fully saturated rings. The molecule has 7 heteroatoms. The Morgan fingerprint density at radius 1 is 1.35 bits per heavy atom. The Hall–Kier alpha value is -0.920. The minimum Gasteiger partial charge on any atom is -0.481 e. The van der Waals surface area contributed by atoms with E-state index in [1.165, 1.54) is 0 Å². The molecule has 0 aromatic heterocycles. The number of rotatable bonds is 7. The van der Waals surface area contributed by atoms with Gasteiger partial charge in [-0.2, -0.15) is 0 Å². The number of aliphatic carboxylic acids is 1. The number of halogens is 2. The number of carbonyl (C=O) groups excluding carboxylic acids is 1. The van der Waals surface area contributed by atoms with Crippen LogP contribution in [-0.2, 0) is 9.59 Å². The lowest BCUT2D eigenvalue weighted by atomic mass is 10.3. The lowest BCUT2D eigenvalue weighted by molar-refractivity contribution is -0.137.